The maximum absolute atomic E-state index is 12.9. The van der Waals surface area contributed by atoms with Crippen LogP contribution in [0.3, 0.4) is 0 Å². The molecule has 0 aliphatic rings. The van der Waals surface area contributed by atoms with E-state index in [9.17, 15) is 16.8 Å². The van der Waals surface area contributed by atoms with E-state index in [1.165, 1.54) is 0 Å². The highest BCUT2D eigenvalue weighted by Crippen LogP contribution is 2.29. The molecule has 0 heterocycles. The number of rotatable bonds is 6. The molecule has 0 spiro atoms. The molecule has 0 atom stereocenters. The topological polar surface area (TPSA) is 92.3 Å². The summed E-state index contributed by atoms with van der Waals surface area (Å²) >= 11 is 0. The van der Waals surface area contributed by atoms with Gasteiger partial charge in [-0.2, -0.15) is 0 Å². The van der Waals surface area contributed by atoms with Crippen LogP contribution in [-0.2, 0) is 32.0 Å². The van der Waals surface area contributed by atoms with Gasteiger partial charge in [0.25, 0.3) is 0 Å². The van der Waals surface area contributed by atoms with Gasteiger partial charge < -0.3 is 0 Å². The maximum Gasteiger partial charge on any atom is 0.241 e. The summed E-state index contributed by atoms with van der Waals surface area (Å²) in [5.41, 5.74) is 3.61. The lowest BCUT2D eigenvalue weighted by molar-refractivity contribution is 0.575. The van der Waals surface area contributed by atoms with Crippen LogP contribution in [0.5, 0.6) is 0 Å². The lowest BCUT2D eigenvalue weighted by atomic mass is 9.85. The molecule has 154 valence electrons. The van der Waals surface area contributed by atoms with Crippen molar-refractivity contribution in [2.45, 2.75) is 51.5 Å². The summed E-state index contributed by atoms with van der Waals surface area (Å²) in [4.78, 5) is 0.302. The van der Waals surface area contributed by atoms with Crippen molar-refractivity contribution in [1.82, 2.24) is 4.72 Å². The SMILES string of the molecule is Cc1cc(C(C)(C)C)cc(C)c1S(=O)(=O)NCc1ccc(NS(C)(=O)=O)cc1. The van der Waals surface area contributed by atoms with E-state index in [1.807, 2.05) is 26.0 Å². The van der Waals surface area contributed by atoms with Gasteiger partial charge in [0.05, 0.1) is 11.2 Å². The molecule has 0 fully saturated rings. The molecular weight excluding hydrogens is 396 g/mol. The molecule has 8 heteroatoms. The van der Waals surface area contributed by atoms with E-state index in [0.29, 0.717) is 21.7 Å². The van der Waals surface area contributed by atoms with Crippen LogP contribution in [0.4, 0.5) is 5.69 Å². The first kappa shape index (κ1) is 22.4. The molecule has 2 rings (SSSR count). The van der Waals surface area contributed by atoms with Crippen molar-refractivity contribution in [1.29, 1.82) is 0 Å². The first-order valence-electron chi connectivity index (χ1n) is 8.87. The molecule has 0 amide bonds. The molecule has 0 aromatic heterocycles. The molecule has 2 aromatic carbocycles. The first-order valence-corrected chi connectivity index (χ1v) is 12.2. The van der Waals surface area contributed by atoms with Gasteiger partial charge in [0.2, 0.25) is 20.0 Å². The lowest BCUT2D eigenvalue weighted by Gasteiger charge is -2.22. The number of aryl methyl sites for hydroxylation is 2. The molecule has 2 N–H and O–H groups in total. The van der Waals surface area contributed by atoms with Crippen LogP contribution in [-0.4, -0.2) is 23.1 Å². The minimum Gasteiger partial charge on any atom is -0.284 e. The molecule has 0 aliphatic carbocycles. The van der Waals surface area contributed by atoms with Crippen molar-refractivity contribution in [3.63, 3.8) is 0 Å². The number of hydrogen-bond donors (Lipinski definition) is 2. The van der Waals surface area contributed by atoms with Crippen molar-refractivity contribution >= 4 is 25.7 Å². The maximum atomic E-state index is 12.9. The summed E-state index contributed by atoms with van der Waals surface area (Å²) in [5, 5.41) is 0. The van der Waals surface area contributed by atoms with Gasteiger partial charge in [-0.05, 0) is 53.6 Å². The van der Waals surface area contributed by atoms with E-state index >= 15 is 0 Å². The molecule has 0 unspecified atom stereocenters. The fourth-order valence-corrected chi connectivity index (χ4v) is 4.99. The third-order valence-electron chi connectivity index (χ3n) is 4.32. The van der Waals surface area contributed by atoms with Gasteiger partial charge in [-0.3, -0.25) is 4.72 Å². The Labute approximate surface area is 168 Å². The Morgan fingerprint density at radius 1 is 0.893 bits per heavy atom. The van der Waals surface area contributed by atoms with Gasteiger partial charge in [0.15, 0.2) is 0 Å². The number of anilines is 1. The molecule has 0 bridgehead atoms. The van der Waals surface area contributed by atoms with Crippen molar-refractivity contribution in [2.24, 2.45) is 0 Å². The second kappa shape index (κ2) is 7.85. The fourth-order valence-electron chi connectivity index (χ4n) is 2.96. The summed E-state index contributed by atoms with van der Waals surface area (Å²) in [7, 11) is -7.03. The number of benzene rings is 2. The van der Waals surface area contributed by atoms with Crippen molar-refractivity contribution in [3.8, 4) is 0 Å². The molecule has 2 aromatic rings. The summed E-state index contributed by atoms with van der Waals surface area (Å²) < 4.78 is 53.2. The monoisotopic (exact) mass is 424 g/mol. The molecule has 6 nitrogen and oxygen atoms in total. The second-order valence-electron chi connectivity index (χ2n) is 8.08. The average molecular weight is 425 g/mol. The Balaban J connectivity index is 2.21. The summed E-state index contributed by atoms with van der Waals surface area (Å²) in [5.74, 6) is 0. The standard InChI is InChI=1S/C20H28N2O4S2/c1-14-11-17(20(3,4)5)12-15(2)19(14)28(25,26)21-13-16-7-9-18(10-8-16)22-27(6,23)24/h7-12,21-22H,13H2,1-6H3. The first-order chi connectivity index (χ1) is 12.7. The van der Waals surface area contributed by atoms with E-state index in [4.69, 9.17) is 0 Å². The van der Waals surface area contributed by atoms with Crippen LogP contribution in [0.2, 0.25) is 0 Å². The van der Waals surface area contributed by atoms with Crippen LogP contribution in [0.15, 0.2) is 41.3 Å². The van der Waals surface area contributed by atoms with E-state index in [2.05, 4.69) is 30.2 Å². The van der Waals surface area contributed by atoms with E-state index < -0.39 is 20.0 Å². The van der Waals surface area contributed by atoms with Gasteiger partial charge in [-0.25, -0.2) is 21.6 Å². The van der Waals surface area contributed by atoms with Crippen LogP contribution < -0.4 is 9.44 Å². The molecular formula is C20H28N2O4S2. The van der Waals surface area contributed by atoms with Gasteiger partial charge in [0, 0.05) is 12.2 Å². The van der Waals surface area contributed by atoms with Crippen molar-refractivity contribution in [3.05, 3.63) is 58.7 Å². The second-order valence-corrected chi connectivity index (χ2v) is 11.5. The van der Waals surface area contributed by atoms with E-state index in [0.717, 1.165) is 17.4 Å². The van der Waals surface area contributed by atoms with Crippen molar-refractivity contribution < 1.29 is 16.8 Å². The van der Waals surface area contributed by atoms with Gasteiger partial charge in [-0.1, -0.05) is 45.0 Å². The molecule has 28 heavy (non-hydrogen) atoms. The number of hydrogen-bond acceptors (Lipinski definition) is 4. The number of sulfonamides is 2. The van der Waals surface area contributed by atoms with Crippen LogP contribution >= 0.6 is 0 Å². The smallest absolute Gasteiger partial charge is 0.241 e. The third kappa shape index (κ3) is 5.80. The number of nitrogens with one attached hydrogen (secondary N) is 2. The van der Waals surface area contributed by atoms with Crippen LogP contribution in [0.1, 0.15) is 43.0 Å². The average Bonchev–Trinajstić information content (AvgIpc) is 2.51. The Bertz CT molecular complexity index is 1040. The van der Waals surface area contributed by atoms with Gasteiger partial charge >= 0.3 is 0 Å². The largest absolute Gasteiger partial charge is 0.284 e. The minimum absolute atomic E-state index is 0.0625. The highest BCUT2D eigenvalue weighted by molar-refractivity contribution is 7.92. The zero-order valence-electron chi connectivity index (χ0n) is 17.1. The van der Waals surface area contributed by atoms with E-state index in [1.54, 1.807) is 24.3 Å². The predicted molar refractivity (Wildman–Crippen MR) is 114 cm³/mol. The minimum atomic E-state index is -3.68. The zero-order valence-corrected chi connectivity index (χ0v) is 18.8. The summed E-state index contributed by atoms with van der Waals surface area (Å²) in [6.07, 6.45) is 1.07. The van der Waals surface area contributed by atoms with Crippen LogP contribution in [0.25, 0.3) is 0 Å². The predicted octanol–water partition coefficient (Wildman–Crippen LogP) is 3.45. The normalized spacial score (nSPS) is 12.8. The highest BCUT2D eigenvalue weighted by Gasteiger charge is 2.23. The highest BCUT2D eigenvalue weighted by atomic mass is 32.2. The Kier molecular flexibility index (Phi) is 6.28. The third-order valence-corrected chi connectivity index (χ3v) is 6.63. The molecule has 0 saturated heterocycles. The fraction of sp³-hybridized carbons (Fsp3) is 0.400. The Morgan fingerprint density at radius 3 is 1.82 bits per heavy atom. The van der Waals surface area contributed by atoms with Crippen molar-refractivity contribution in [2.75, 3.05) is 11.0 Å². The summed E-state index contributed by atoms with van der Waals surface area (Å²) in [6.45, 7) is 10.0. The van der Waals surface area contributed by atoms with Gasteiger partial charge in [-0.15, -0.1) is 0 Å². The molecule has 0 radical (unpaired) electrons. The Hall–Kier alpha value is -1.90. The Morgan fingerprint density at radius 2 is 1.39 bits per heavy atom. The summed E-state index contributed by atoms with van der Waals surface area (Å²) in [6, 6.07) is 10.4. The van der Waals surface area contributed by atoms with Gasteiger partial charge in [0.1, 0.15) is 0 Å². The zero-order chi connectivity index (χ0) is 21.3. The van der Waals surface area contributed by atoms with Crippen LogP contribution in [0, 0.1) is 13.8 Å². The van der Waals surface area contributed by atoms with E-state index in [-0.39, 0.29) is 12.0 Å². The lowest BCUT2D eigenvalue weighted by Crippen LogP contribution is -2.25. The molecule has 0 saturated carbocycles. The quantitative estimate of drug-likeness (QED) is 0.743. The molecule has 0 aliphatic heterocycles.